The third-order valence-electron chi connectivity index (χ3n) is 5.44. The molecule has 2 N–H and O–H groups in total. The Hall–Kier alpha value is -1.52. The number of likely N-dealkylation sites (tertiary alicyclic amines) is 1. The Kier molecular flexibility index (Phi) is 4.27. The topological polar surface area (TPSA) is 40.3 Å². The molecule has 124 valence electrons. The third kappa shape index (κ3) is 2.98. The van der Waals surface area contributed by atoms with Crippen molar-refractivity contribution < 1.29 is 4.74 Å². The molecule has 1 aromatic carbocycles. The first-order valence-electron chi connectivity index (χ1n) is 8.99. The molecule has 4 nitrogen and oxygen atoms in total. The molecule has 0 radical (unpaired) electrons. The number of rotatable bonds is 4. The van der Waals surface area contributed by atoms with Gasteiger partial charge in [0.2, 0.25) is 0 Å². The van der Waals surface area contributed by atoms with Crippen molar-refractivity contribution >= 4 is 10.9 Å². The Bertz CT molecular complexity index is 673. The Morgan fingerprint density at radius 1 is 1.22 bits per heavy atom. The first-order chi connectivity index (χ1) is 11.3. The standard InChI is InChI=1S/C19H27N3O/c1-23-14-5-6-15-16-7-9-20-17(19(16)21-18(15)13-14)8-12-22-10-3-2-4-11-22/h5-6,13,17,20-21H,2-4,7-12H2,1H3/t17-/m1/s1. The number of benzene rings is 1. The summed E-state index contributed by atoms with van der Waals surface area (Å²) < 4.78 is 5.37. The molecule has 0 saturated carbocycles. The maximum absolute atomic E-state index is 5.37. The van der Waals surface area contributed by atoms with Crippen molar-refractivity contribution in [1.29, 1.82) is 0 Å². The summed E-state index contributed by atoms with van der Waals surface area (Å²) in [5.74, 6) is 0.925. The Morgan fingerprint density at radius 2 is 2.09 bits per heavy atom. The summed E-state index contributed by atoms with van der Waals surface area (Å²) in [6.07, 6.45) is 6.45. The molecular formula is C19H27N3O. The molecule has 2 aliphatic rings. The second-order valence-corrected chi connectivity index (χ2v) is 6.88. The molecular weight excluding hydrogens is 286 g/mol. The van der Waals surface area contributed by atoms with E-state index in [1.165, 1.54) is 67.5 Å². The van der Waals surface area contributed by atoms with E-state index < -0.39 is 0 Å². The lowest BCUT2D eigenvalue weighted by Gasteiger charge is -2.30. The Balaban J connectivity index is 1.55. The summed E-state index contributed by atoms with van der Waals surface area (Å²) in [5, 5.41) is 5.08. The van der Waals surface area contributed by atoms with E-state index in [1.54, 1.807) is 7.11 Å². The highest BCUT2D eigenvalue weighted by molar-refractivity contribution is 5.86. The van der Waals surface area contributed by atoms with Gasteiger partial charge in [-0.2, -0.15) is 0 Å². The predicted octanol–water partition coefficient (Wildman–Crippen LogP) is 3.24. The van der Waals surface area contributed by atoms with E-state index in [2.05, 4.69) is 33.4 Å². The Labute approximate surface area is 138 Å². The van der Waals surface area contributed by atoms with Crippen LogP contribution in [0.4, 0.5) is 0 Å². The molecule has 23 heavy (non-hydrogen) atoms. The van der Waals surface area contributed by atoms with E-state index >= 15 is 0 Å². The first-order valence-corrected chi connectivity index (χ1v) is 8.99. The minimum atomic E-state index is 0.457. The van der Waals surface area contributed by atoms with Gasteiger partial charge in [0, 0.05) is 28.7 Å². The van der Waals surface area contributed by atoms with Gasteiger partial charge in [0.15, 0.2) is 0 Å². The zero-order chi connectivity index (χ0) is 15.6. The van der Waals surface area contributed by atoms with Crippen molar-refractivity contribution in [2.45, 2.75) is 38.1 Å². The number of aromatic amines is 1. The smallest absolute Gasteiger partial charge is 0.120 e. The lowest BCUT2D eigenvalue weighted by Crippen LogP contribution is -2.35. The number of methoxy groups -OCH3 is 1. The Morgan fingerprint density at radius 3 is 2.91 bits per heavy atom. The van der Waals surface area contributed by atoms with Gasteiger partial charge >= 0.3 is 0 Å². The highest BCUT2D eigenvalue weighted by Crippen LogP contribution is 2.33. The van der Waals surface area contributed by atoms with Crippen LogP contribution in [0.15, 0.2) is 18.2 Å². The van der Waals surface area contributed by atoms with Crippen molar-refractivity contribution in [3.63, 3.8) is 0 Å². The van der Waals surface area contributed by atoms with Crippen LogP contribution in [-0.4, -0.2) is 43.2 Å². The number of fused-ring (bicyclic) bond motifs is 3. The summed E-state index contributed by atoms with van der Waals surface area (Å²) >= 11 is 0. The van der Waals surface area contributed by atoms with Gasteiger partial charge in [-0.3, -0.25) is 0 Å². The zero-order valence-electron chi connectivity index (χ0n) is 14.0. The van der Waals surface area contributed by atoms with Gasteiger partial charge in [0.05, 0.1) is 7.11 Å². The van der Waals surface area contributed by atoms with Crippen LogP contribution in [0.25, 0.3) is 10.9 Å². The summed E-state index contributed by atoms with van der Waals surface area (Å²) in [7, 11) is 1.73. The molecule has 0 spiro atoms. The summed E-state index contributed by atoms with van der Waals surface area (Å²) in [4.78, 5) is 6.30. The van der Waals surface area contributed by atoms with Crippen LogP contribution >= 0.6 is 0 Å². The van der Waals surface area contributed by atoms with Gasteiger partial charge in [0.25, 0.3) is 0 Å². The van der Waals surface area contributed by atoms with Crippen LogP contribution in [-0.2, 0) is 6.42 Å². The van der Waals surface area contributed by atoms with E-state index in [4.69, 9.17) is 4.74 Å². The fraction of sp³-hybridized carbons (Fsp3) is 0.579. The fourth-order valence-corrected chi connectivity index (χ4v) is 4.16. The maximum atomic E-state index is 5.37. The normalized spacial score (nSPS) is 22.2. The number of hydrogen-bond donors (Lipinski definition) is 2. The van der Waals surface area contributed by atoms with E-state index in [1.807, 2.05) is 0 Å². The van der Waals surface area contributed by atoms with Crippen molar-refractivity contribution in [1.82, 2.24) is 15.2 Å². The van der Waals surface area contributed by atoms with Gasteiger partial charge in [-0.05, 0) is 69.6 Å². The summed E-state index contributed by atoms with van der Waals surface area (Å²) in [6, 6.07) is 6.85. The lowest BCUT2D eigenvalue weighted by molar-refractivity contribution is 0.215. The average molecular weight is 313 g/mol. The number of H-pyrrole nitrogens is 1. The first kappa shape index (κ1) is 15.0. The highest BCUT2D eigenvalue weighted by Gasteiger charge is 2.24. The van der Waals surface area contributed by atoms with Crippen molar-refractivity contribution in [2.24, 2.45) is 0 Å². The predicted molar refractivity (Wildman–Crippen MR) is 94.2 cm³/mol. The van der Waals surface area contributed by atoms with Crippen LogP contribution in [0.1, 0.15) is 43.0 Å². The number of nitrogens with zero attached hydrogens (tertiary/aromatic N) is 1. The van der Waals surface area contributed by atoms with E-state index in [-0.39, 0.29) is 0 Å². The molecule has 0 unspecified atom stereocenters. The molecule has 0 aliphatic carbocycles. The van der Waals surface area contributed by atoms with Crippen LogP contribution in [0.2, 0.25) is 0 Å². The molecule has 0 amide bonds. The third-order valence-corrected chi connectivity index (χ3v) is 5.44. The number of nitrogens with one attached hydrogen (secondary N) is 2. The second kappa shape index (κ2) is 6.54. The minimum absolute atomic E-state index is 0.457. The van der Waals surface area contributed by atoms with Crippen molar-refractivity contribution in [2.75, 3.05) is 33.3 Å². The van der Waals surface area contributed by atoms with Gasteiger partial charge in [-0.15, -0.1) is 0 Å². The van der Waals surface area contributed by atoms with E-state index in [0.29, 0.717) is 6.04 Å². The van der Waals surface area contributed by atoms with Gasteiger partial charge in [0.1, 0.15) is 5.75 Å². The largest absolute Gasteiger partial charge is 0.497 e. The van der Waals surface area contributed by atoms with Gasteiger partial charge in [-0.25, -0.2) is 0 Å². The fourth-order valence-electron chi connectivity index (χ4n) is 4.16. The SMILES string of the molecule is COc1ccc2c3c([nH]c2c1)[C@@H](CCN1CCCCC1)NCC3. The van der Waals surface area contributed by atoms with E-state index in [9.17, 15) is 0 Å². The van der Waals surface area contributed by atoms with Crippen LogP contribution in [0, 0.1) is 0 Å². The highest BCUT2D eigenvalue weighted by atomic mass is 16.5. The molecule has 2 aromatic rings. The molecule has 1 fully saturated rings. The molecule has 1 aromatic heterocycles. The molecule has 3 heterocycles. The van der Waals surface area contributed by atoms with Crippen LogP contribution in [0.3, 0.4) is 0 Å². The second-order valence-electron chi connectivity index (χ2n) is 6.88. The molecule has 2 aliphatic heterocycles. The minimum Gasteiger partial charge on any atom is -0.497 e. The number of aromatic nitrogens is 1. The monoisotopic (exact) mass is 313 g/mol. The van der Waals surface area contributed by atoms with Gasteiger partial charge < -0.3 is 19.9 Å². The van der Waals surface area contributed by atoms with Crippen LogP contribution in [0.5, 0.6) is 5.75 Å². The zero-order valence-corrected chi connectivity index (χ0v) is 14.0. The molecule has 4 heteroatoms. The number of piperidine rings is 1. The maximum Gasteiger partial charge on any atom is 0.120 e. The van der Waals surface area contributed by atoms with Gasteiger partial charge in [-0.1, -0.05) is 6.42 Å². The van der Waals surface area contributed by atoms with Crippen molar-refractivity contribution in [3.05, 3.63) is 29.5 Å². The lowest BCUT2D eigenvalue weighted by atomic mass is 9.97. The van der Waals surface area contributed by atoms with E-state index in [0.717, 1.165) is 18.7 Å². The summed E-state index contributed by atoms with van der Waals surface area (Å²) in [5.41, 5.74) is 4.11. The number of ether oxygens (including phenoxy) is 1. The average Bonchev–Trinajstić information content (AvgIpc) is 2.99. The van der Waals surface area contributed by atoms with Crippen LogP contribution < -0.4 is 10.1 Å². The molecule has 4 rings (SSSR count). The molecule has 1 saturated heterocycles. The van der Waals surface area contributed by atoms with Crippen molar-refractivity contribution in [3.8, 4) is 5.75 Å². The number of hydrogen-bond acceptors (Lipinski definition) is 3. The molecule has 0 bridgehead atoms. The molecule has 1 atom stereocenters. The summed E-state index contributed by atoms with van der Waals surface area (Å²) in [6.45, 7) is 4.85. The quantitative estimate of drug-likeness (QED) is 0.910.